The highest BCUT2D eigenvalue weighted by atomic mass is 79.9. The molecule has 2 nitrogen and oxygen atoms in total. The van der Waals surface area contributed by atoms with Gasteiger partial charge in [0.1, 0.15) is 0 Å². The first-order valence-corrected chi connectivity index (χ1v) is 7.46. The Hall–Kier alpha value is -0.190. The van der Waals surface area contributed by atoms with E-state index in [-0.39, 0.29) is 0 Å². The molecule has 4 heteroatoms. The summed E-state index contributed by atoms with van der Waals surface area (Å²) in [4.78, 5) is 2.35. The summed E-state index contributed by atoms with van der Waals surface area (Å²) in [6, 6.07) is 6.74. The van der Waals surface area contributed by atoms with Gasteiger partial charge in [0.2, 0.25) is 0 Å². The summed E-state index contributed by atoms with van der Waals surface area (Å²) in [5.74, 6) is 1.16. The Morgan fingerprint density at radius 2 is 2.19 bits per heavy atom. The molecule has 0 saturated carbocycles. The summed E-state index contributed by atoms with van der Waals surface area (Å²) < 4.78 is 0.969. The monoisotopic (exact) mass is 302 g/mol. The van der Waals surface area contributed by atoms with Crippen molar-refractivity contribution < 1.29 is 0 Å². The van der Waals surface area contributed by atoms with E-state index in [0.717, 1.165) is 22.5 Å². The van der Waals surface area contributed by atoms with Crippen LogP contribution in [0.4, 0.5) is 5.69 Å². The van der Waals surface area contributed by atoms with Crippen LogP contribution in [0.5, 0.6) is 0 Å². The van der Waals surface area contributed by atoms with Crippen molar-refractivity contribution in [2.45, 2.75) is 19.5 Å². The molecule has 16 heavy (non-hydrogen) atoms. The van der Waals surface area contributed by atoms with Gasteiger partial charge in [-0.25, -0.2) is 0 Å². The van der Waals surface area contributed by atoms with Gasteiger partial charge in [0.15, 0.2) is 0 Å². The fraction of sp³-hybridized carbons (Fsp3) is 0.500. The fourth-order valence-corrected chi connectivity index (χ4v) is 2.49. The third kappa shape index (κ3) is 4.00. The van der Waals surface area contributed by atoms with Crippen molar-refractivity contribution in [2.24, 2.45) is 0 Å². The lowest BCUT2D eigenvalue weighted by molar-refractivity contribution is 0.270. The number of nitrogen functional groups attached to an aromatic ring is 1. The molecule has 0 amide bonds. The van der Waals surface area contributed by atoms with E-state index >= 15 is 0 Å². The standard InChI is InChI=1S/C12H19BrN2S/c1-9(8-16-3)15(2)7-10-4-5-11(13)12(14)6-10/h4-6,9H,7-8,14H2,1-3H3. The number of anilines is 1. The number of nitrogens with zero attached hydrogens (tertiary/aromatic N) is 1. The van der Waals surface area contributed by atoms with Crippen LogP contribution in [0, 0.1) is 0 Å². The average molecular weight is 303 g/mol. The van der Waals surface area contributed by atoms with E-state index in [9.17, 15) is 0 Å². The van der Waals surface area contributed by atoms with Crippen molar-refractivity contribution in [1.29, 1.82) is 0 Å². The molecule has 0 radical (unpaired) electrons. The van der Waals surface area contributed by atoms with Gasteiger partial charge in [0.05, 0.1) is 0 Å². The molecule has 0 aliphatic heterocycles. The van der Waals surface area contributed by atoms with E-state index in [1.807, 2.05) is 23.9 Å². The number of thioether (sulfide) groups is 1. The molecule has 1 aromatic rings. The smallest absolute Gasteiger partial charge is 0.0461 e. The molecule has 0 saturated heterocycles. The van der Waals surface area contributed by atoms with E-state index < -0.39 is 0 Å². The van der Waals surface area contributed by atoms with Gasteiger partial charge in [0, 0.05) is 28.5 Å². The lowest BCUT2D eigenvalue weighted by atomic mass is 10.2. The minimum atomic E-state index is 0.583. The highest BCUT2D eigenvalue weighted by molar-refractivity contribution is 9.10. The van der Waals surface area contributed by atoms with Crippen molar-refractivity contribution >= 4 is 33.4 Å². The summed E-state index contributed by atoms with van der Waals surface area (Å²) in [5, 5.41) is 0. The van der Waals surface area contributed by atoms with Crippen LogP contribution in [-0.4, -0.2) is 30.0 Å². The molecule has 0 aliphatic carbocycles. The summed E-state index contributed by atoms with van der Waals surface area (Å²) in [5.41, 5.74) is 7.93. The largest absolute Gasteiger partial charge is 0.398 e. The molecule has 1 unspecified atom stereocenters. The number of halogens is 1. The van der Waals surface area contributed by atoms with Gasteiger partial charge in [-0.15, -0.1) is 0 Å². The van der Waals surface area contributed by atoms with Crippen molar-refractivity contribution in [3.05, 3.63) is 28.2 Å². The molecule has 0 aliphatic rings. The maximum atomic E-state index is 5.86. The Labute approximate surface area is 111 Å². The Balaban J connectivity index is 2.62. The Morgan fingerprint density at radius 1 is 1.50 bits per heavy atom. The van der Waals surface area contributed by atoms with E-state index in [1.165, 1.54) is 5.56 Å². The summed E-state index contributed by atoms with van der Waals surface area (Å²) >= 11 is 5.29. The summed E-state index contributed by atoms with van der Waals surface area (Å²) in [6.45, 7) is 3.19. The van der Waals surface area contributed by atoms with E-state index in [1.54, 1.807) is 0 Å². The molecular formula is C12H19BrN2S. The minimum absolute atomic E-state index is 0.583. The van der Waals surface area contributed by atoms with Crippen molar-refractivity contribution in [2.75, 3.05) is 24.8 Å². The molecule has 0 fully saturated rings. The molecule has 1 aromatic carbocycles. The number of nitrogens with two attached hydrogens (primary N) is 1. The number of hydrogen-bond acceptors (Lipinski definition) is 3. The second-order valence-electron chi connectivity index (χ2n) is 4.08. The fourth-order valence-electron chi connectivity index (χ4n) is 1.50. The first kappa shape index (κ1) is 13.9. The van der Waals surface area contributed by atoms with Gasteiger partial charge in [-0.3, -0.25) is 4.90 Å². The van der Waals surface area contributed by atoms with Gasteiger partial charge in [-0.1, -0.05) is 6.07 Å². The lowest BCUT2D eigenvalue weighted by Crippen LogP contribution is -2.30. The lowest BCUT2D eigenvalue weighted by Gasteiger charge is -2.24. The van der Waals surface area contributed by atoms with Gasteiger partial charge in [-0.05, 0) is 53.9 Å². The topological polar surface area (TPSA) is 29.3 Å². The maximum absolute atomic E-state index is 5.86. The minimum Gasteiger partial charge on any atom is -0.398 e. The second-order valence-corrected chi connectivity index (χ2v) is 5.84. The zero-order valence-corrected chi connectivity index (χ0v) is 12.4. The van der Waals surface area contributed by atoms with Gasteiger partial charge >= 0.3 is 0 Å². The summed E-state index contributed by atoms with van der Waals surface area (Å²) in [6.07, 6.45) is 2.14. The van der Waals surface area contributed by atoms with Gasteiger partial charge in [0.25, 0.3) is 0 Å². The van der Waals surface area contributed by atoms with E-state index in [4.69, 9.17) is 5.73 Å². The third-order valence-electron chi connectivity index (χ3n) is 2.65. The molecule has 1 rings (SSSR count). The molecule has 0 aromatic heterocycles. The second kappa shape index (κ2) is 6.52. The number of benzene rings is 1. The Kier molecular flexibility index (Phi) is 5.66. The molecule has 0 heterocycles. The Morgan fingerprint density at radius 3 is 2.75 bits per heavy atom. The van der Waals surface area contributed by atoms with Crippen molar-refractivity contribution in [3.63, 3.8) is 0 Å². The normalized spacial score (nSPS) is 13.1. The number of hydrogen-bond donors (Lipinski definition) is 1. The van der Waals surface area contributed by atoms with E-state index in [0.29, 0.717) is 6.04 Å². The molecule has 1 atom stereocenters. The van der Waals surface area contributed by atoms with Crippen LogP contribution in [0.1, 0.15) is 12.5 Å². The number of rotatable bonds is 5. The highest BCUT2D eigenvalue weighted by Gasteiger charge is 2.09. The highest BCUT2D eigenvalue weighted by Crippen LogP contribution is 2.21. The zero-order valence-electron chi connectivity index (χ0n) is 10.0. The van der Waals surface area contributed by atoms with Crippen LogP contribution in [0.2, 0.25) is 0 Å². The van der Waals surface area contributed by atoms with Crippen LogP contribution in [0.3, 0.4) is 0 Å². The van der Waals surface area contributed by atoms with Gasteiger partial charge < -0.3 is 5.73 Å². The first-order chi connectivity index (χ1) is 7.54. The molecule has 0 bridgehead atoms. The van der Waals surface area contributed by atoms with Crippen molar-refractivity contribution in [1.82, 2.24) is 4.90 Å². The Bertz CT molecular complexity index is 344. The predicted octanol–water partition coefficient (Wildman–Crippen LogP) is 3.21. The molecule has 90 valence electrons. The molecule has 0 spiro atoms. The van der Waals surface area contributed by atoms with Crippen LogP contribution in [0.25, 0.3) is 0 Å². The SMILES string of the molecule is CSCC(C)N(C)Cc1ccc(Br)c(N)c1. The van der Waals surface area contributed by atoms with Crippen LogP contribution in [-0.2, 0) is 6.54 Å². The van der Waals surface area contributed by atoms with Crippen molar-refractivity contribution in [3.8, 4) is 0 Å². The predicted molar refractivity (Wildman–Crippen MR) is 77.9 cm³/mol. The van der Waals surface area contributed by atoms with Crippen LogP contribution >= 0.6 is 27.7 Å². The molecular weight excluding hydrogens is 284 g/mol. The van der Waals surface area contributed by atoms with E-state index in [2.05, 4.69) is 47.1 Å². The van der Waals surface area contributed by atoms with Gasteiger partial charge in [-0.2, -0.15) is 11.8 Å². The molecule has 2 N–H and O–H groups in total. The van der Waals surface area contributed by atoms with Crippen LogP contribution in [0.15, 0.2) is 22.7 Å². The van der Waals surface area contributed by atoms with Crippen LogP contribution < -0.4 is 5.73 Å². The first-order valence-electron chi connectivity index (χ1n) is 5.27. The average Bonchev–Trinajstić information content (AvgIpc) is 2.24. The third-order valence-corrected chi connectivity index (χ3v) is 4.19. The maximum Gasteiger partial charge on any atom is 0.0461 e. The zero-order chi connectivity index (χ0) is 12.1. The quantitative estimate of drug-likeness (QED) is 0.847. The summed E-state index contributed by atoms with van der Waals surface area (Å²) in [7, 11) is 2.15.